The molecule has 0 amide bonds. The first-order chi connectivity index (χ1) is 8.97. The lowest BCUT2D eigenvalue weighted by atomic mass is 9.84. The molecule has 1 aromatic heterocycles. The number of pyridine rings is 1. The van der Waals surface area contributed by atoms with E-state index in [-0.39, 0.29) is 17.0 Å². The van der Waals surface area contributed by atoms with Crippen LogP contribution in [-0.4, -0.2) is 30.7 Å². The number of ketones is 1. The van der Waals surface area contributed by atoms with Crippen molar-refractivity contribution in [1.29, 1.82) is 0 Å². The third-order valence-electron chi connectivity index (χ3n) is 3.81. The molecule has 1 saturated carbocycles. The zero-order chi connectivity index (χ0) is 13.9. The second-order valence-corrected chi connectivity index (χ2v) is 7.64. The number of carbonyl (C=O) groups is 1. The second kappa shape index (κ2) is 5.82. The minimum atomic E-state index is -3.03. The van der Waals surface area contributed by atoms with Gasteiger partial charge >= 0.3 is 0 Å². The molecule has 2 rings (SSSR count). The van der Waals surface area contributed by atoms with Crippen LogP contribution in [0.25, 0.3) is 0 Å². The Morgan fingerprint density at radius 1 is 1.32 bits per heavy atom. The Bertz CT molecular complexity index is 539. The molecule has 0 radical (unpaired) electrons. The number of aromatic nitrogens is 1. The molecule has 0 aromatic carbocycles. The molecule has 1 aliphatic carbocycles. The van der Waals surface area contributed by atoms with Crippen molar-refractivity contribution in [3.8, 4) is 0 Å². The van der Waals surface area contributed by atoms with Gasteiger partial charge in [-0.3, -0.25) is 9.78 Å². The van der Waals surface area contributed by atoms with Crippen LogP contribution in [0.15, 0.2) is 24.5 Å². The summed E-state index contributed by atoms with van der Waals surface area (Å²) in [6.45, 7) is 0. The topological polar surface area (TPSA) is 64.1 Å². The van der Waals surface area contributed by atoms with Crippen LogP contribution in [0.5, 0.6) is 0 Å². The molecule has 2 unspecified atom stereocenters. The molecule has 1 aliphatic rings. The van der Waals surface area contributed by atoms with Crippen LogP contribution in [-0.2, 0) is 21.1 Å². The van der Waals surface area contributed by atoms with Gasteiger partial charge in [-0.2, -0.15) is 0 Å². The van der Waals surface area contributed by atoms with Crippen LogP contribution in [0.4, 0.5) is 0 Å². The summed E-state index contributed by atoms with van der Waals surface area (Å²) >= 11 is 0. The van der Waals surface area contributed by atoms with E-state index in [1.807, 2.05) is 12.1 Å². The third-order valence-corrected chi connectivity index (χ3v) is 5.45. The van der Waals surface area contributed by atoms with Gasteiger partial charge in [-0.25, -0.2) is 8.42 Å². The SMILES string of the molecule is CS(=O)(=O)C1CCCC(C(=O)Cc2ccncc2)C1. The Morgan fingerprint density at radius 3 is 2.63 bits per heavy atom. The highest BCUT2D eigenvalue weighted by Gasteiger charge is 2.32. The van der Waals surface area contributed by atoms with E-state index in [1.165, 1.54) is 6.26 Å². The standard InChI is InChI=1S/C14H19NO3S/c1-19(17,18)13-4-2-3-12(10-13)14(16)9-11-5-7-15-8-6-11/h5-8,12-13H,2-4,9-10H2,1H3. The van der Waals surface area contributed by atoms with Crippen molar-refractivity contribution in [2.45, 2.75) is 37.4 Å². The van der Waals surface area contributed by atoms with Crippen LogP contribution in [0.1, 0.15) is 31.2 Å². The maximum Gasteiger partial charge on any atom is 0.150 e. The molecule has 0 aliphatic heterocycles. The normalized spacial score (nSPS) is 24.1. The number of carbonyl (C=O) groups excluding carboxylic acids is 1. The van der Waals surface area contributed by atoms with Gasteiger partial charge in [-0.15, -0.1) is 0 Å². The Balaban J connectivity index is 2.00. The van der Waals surface area contributed by atoms with Gasteiger partial charge in [-0.1, -0.05) is 6.42 Å². The molecular weight excluding hydrogens is 262 g/mol. The molecule has 5 heteroatoms. The van der Waals surface area contributed by atoms with Crippen molar-refractivity contribution in [1.82, 2.24) is 4.98 Å². The van der Waals surface area contributed by atoms with Crippen molar-refractivity contribution in [2.24, 2.45) is 5.92 Å². The molecule has 4 nitrogen and oxygen atoms in total. The van der Waals surface area contributed by atoms with E-state index in [9.17, 15) is 13.2 Å². The molecule has 0 N–H and O–H groups in total. The summed E-state index contributed by atoms with van der Waals surface area (Å²) in [5.41, 5.74) is 0.946. The first kappa shape index (κ1) is 14.2. The van der Waals surface area contributed by atoms with Crippen LogP contribution < -0.4 is 0 Å². The van der Waals surface area contributed by atoms with E-state index >= 15 is 0 Å². The predicted molar refractivity (Wildman–Crippen MR) is 73.5 cm³/mol. The lowest BCUT2D eigenvalue weighted by Crippen LogP contribution is -2.31. The van der Waals surface area contributed by atoms with Gasteiger partial charge in [0.05, 0.1) is 5.25 Å². The minimum absolute atomic E-state index is 0.110. The van der Waals surface area contributed by atoms with Gasteiger partial charge in [0.1, 0.15) is 15.6 Å². The van der Waals surface area contributed by atoms with E-state index in [2.05, 4.69) is 4.98 Å². The fraction of sp³-hybridized carbons (Fsp3) is 0.571. The highest BCUT2D eigenvalue weighted by molar-refractivity contribution is 7.91. The summed E-state index contributed by atoms with van der Waals surface area (Å²) in [4.78, 5) is 16.1. The van der Waals surface area contributed by atoms with Crippen LogP contribution in [0, 0.1) is 5.92 Å². The quantitative estimate of drug-likeness (QED) is 0.844. The lowest BCUT2D eigenvalue weighted by molar-refractivity contribution is -0.123. The Morgan fingerprint density at radius 2 is 2.00 bits per heavy atom. The minimum Gasteiger partial charge on any atom is -0.299 e. The van der Waals surface area contributed by atoms with E-state index in [4.69, 9.17) is 0 Å². The van der Waals surface area contributed by atoms with Gasteiger partial charge < -0.3 is 0 Å². The summed E-state index contributed by atoms with van der Waals surface area (Å²) in [6, 6.07) is 3.66. The Kier molecular flexibility index (Phi) is 4.34. The Hall–Kier alpha value is -1.23. The fourth-order valence-corrected chi connectivity index (χ4v) is 3.85. The van der Waals surface area contributed by atoms with Gasteiger partial charge in [0.25, 0.3) is 0 Å². The summed E-state index contributed by atoms with van der Waals surface area (Å²) < 4.78 is 23.2. The molecule has 0 saturated heterocycles. The first-order valence-electron chi connectivity index (χ1n) is 6.57. The summed E-state index contributed by atoms with van der Waals surface area (Å²) in [5, 5.41) is -0.340. The smallest absolute Gasteiger partial charge is 0.150 e. The van der Waals surface area contributed by atoms with Crippen molar-refractivity contribution in [3.05, 3.63) is 30.1 Å². The van der Waals surface area contributed by atoms with E-state index in [0.717, 1.165) is 18.4 Å². The largest absolute Gasteiger partial charge is 0.299 e. The van der Waals surface area contributed by atoms with Crippen LogP contribution in [0.2, 0.25) is 0 Å². The number of nitrogens with zero attached hydrogens (tertiary/aromatic N) is 1. The van der Waals surface area contributed by atoms with Gasteiger partial charge in [-0.05, 0) is 37.0 Å². The molecule has 0 spiro atoms. The zero-order valence-electron chi connectivity index (χ0n) is 11.1. The molecule has 1 heterocycles. The maximum absolute atomic E-state index is 12.2. The highest BCUT2D eigenvalue weighted by atomic mass is 32.2. The van der Waals surface area contributed by atoms with Crippen molar-refractivity contribution >= 4 is 15.6 Å². The summed E-state index contributed by atoms with van der Waals surface area (Å²) in [5.74, 6) is 0.0428. The maximum atomic E-state index is 12.2. The second-order valence-electron chi connectivity index (χ2n) is 5.31. The van der Waals surface area contributed by atoms with Crippen LogP contribution in [0.3, 0.4) is 0 Å². The van der Waals surface area contributed by atoms with Crippen LogP contribution >= 0.6 is 0 Å². The number of rotatable bonds is 4. The lowest BCUT2D eigenvalue weighted by Gasteiger charge is -2.27. The molecule has 2 atom stereocenters. The predicted octanol–water partition coefficient (Wildman–Crippen LogP) is 1.80. The fourth-order valence-electron chi connectivity index (χ4n) is 2.67. The van der Waals surface area contributed by atoms with E-state index in [0.29, 0.717) is 19.3 Å². The first-order valence-corrected chi connectivity index (χ1v) is 8.53. The Labute approximate surface area is 114 Å². The number of hydrogen-bond acceptors (Lipinski definition) is 4. The van der Waals surface area contributed by atoms with E-state index < -0.39 is 9.84 Å². The van der Waals surface area contributed by atoms with Gasteiger partial charge in [0.15, 0.2) is 0 Å². The molecule has 1 fully saturated rings. The van der Waals surface area contributed by atoms with Crippen molar-refractivity contribution in [3.63, 3.8) is 0 Å². The molecule has 1 aromatic rings. The summed E-state index contributed by atoms with van der Waals surface area (Å²) in [6.07, 6.45) is 7.81. The number of Topliss-reactive ketones (excluding diaryl/α,β-unsaturated/α-hetero) is 1. The zero-order valence-corrected chi connectivity index (χ0v) is 11.9. The van der Waals surface area contributed by atoms with Gasteiger partial charge in [0, 0.05) is 31.0 Å². The number of hydrogen-bond donors (Lipinski definition) is 0. The van der Waals surface area contributed by atoms with Crippen molar-refractivity contribution < 1.29 is 13.2 Å². The van der Waals surface area contributed by atoms with E-state index in [1.54, 1.807) is 12.4 Å². The number of sulfone groups is 1. The molecule has 19 heavy (non-hydrogen) atoms. The average molecular weight is 281 g/mol. The average Bonchev–Trinajstić information content (AvgIpc) is 2.39. The molecule has 104 valence electrons. The monoisotopic (exact) mass is 281 g/mol. The summed E-state index contributed by atoms with van der Waals surface area (Å²) in [7, 11) is -3.03. The van der Waals surface area contributed by atoms with Crippen molar-refractivity contribution in [2.75, 3.05) is 6.26 Å². The third kappa shape index (κ3) is 3.86. The van der Waals surface area contributed by atoms with Gasteiger partial charge in [0.2, 0.25) is 0 Å². The molecular formula is C14H19NO3S. The highest BCUT2D eigenvalue weighted by Crippen LogP contribution is 2.29. The molecule has 0 bridgehead atoms.